The third-order valence-corrected chi connectivity index (χ3v) is 2.94. The molecule has 0 spiro atoms. The maximum atomic E-state index is 10.8. The van der Waals surface area contributed by atoms with E-state index in [1.807, 2.05) is 6.07 Å². The molecule has 0 aliphatic rings. The van der Waals surface area contributed by atoms with E-state index in [0.29, 0.717) is 11.5 Å². The van der Waals surface area contributed by atoms with Gasteiger partial charge in [-0.3, -0.25) is 0 Å². The summed E-state index contributed by atoms with van der Waals surface area (Å²) in [6.45, 7) is 0. The Morgan fingerprint density at radius 2 is 1.95 bits per heavy atom. The largest absolute Gasteiger partial charge is 0.478 e. The highest BCUT2D eigenvalue weighted by atomic mass is 32.1. The quantitative estimate of drug-likeness (QED) is 0.511. The summed E-state index contributed by atoms with van der Waals surface area (Å²) >= 11 is 4.74. The minimum absolute atomic E-state index is 0.00117. The lowest BCUT2D eigenvalue weighted by Gasteiger charge is -1.98. The molecular weight excluding hydrogens is 288 g/mol. The molecule has 0 saturated heterocycles. The number of rotatable bonds is 4. The van der Waals surface area contributed by atoms with Gasteiger partial charge in [-0.2, -0.15) is 5.26 Å². The lowest BCUT2D eigenvalue weighted by molar-refractivity contribution is 0.0697. The molecule has 0 bridgehead atoms. The number of carbonyl (C=O) groups is 1. The second kappa shape index (κ2) is 6.03. The third-order valence-electron chi connectivity index (χ3n) is 2.72. The topological polar surface area (TPSA) is 100 Å². The van der Waals surface area contributed by atoms with Gasteiger partial charge in [0, 0.05) is 11.6 Å². The first-order valence-electron chi connectivity index (χ1n) is 5.86. The Balaban J connectivity index is 2.30. The van der Waals surface area contributed by atoms with Crippen LogP contribution >= 0.6 is 12.2 Å². The maximum Gasteiger partial charge on any atom is 0.335 e. The molecule has 3 N–H and O–H groups in total. The molecule has 5 nitrogen and oxygen atoms in total. The molecule has 21 heavy (non-hydrogen) atoms. The van der Waals surface area contributed by atoms with E-state index in [1.165, 1.54) is 18.2 Å². The standard InChI is InChI=1S/C15H10N2O3S/c16-8-11(14(17)21)7-12-5-6-13(20-12)9-1-3-10(4-2-9)15(18)19/h1-7H,(H2,17,21)(H,18,19)/b11-7+. The average molecular weight is 298 g/mol. The van der Waals surface area contributed by atoms with E-state index < -0.39 is 5.97 Å². The molecule has 0 fully saturated rings. The van der Waals surface area contributed by atoms with Crippen molar-refractivity contribution in [2.24, 2.45) is 5.73 Å². The van der Waals surface area contributed by atoms with Crippen molar-refractivity contribution in [3.05, 3.63) is 53.3 Å². The Labute approximate surface area is 125 Å². The predicted molar refractivity (Wildman–Crippen MR) is 81.5 cm³/mol. The first-order valence-corrected chi connectivity index (χ1v) is 6.27. The number of benzene rings is 1. The van der Waals surface area contributed by atoms with Crippen molar-refractivity contribution in [3.8, 4) is 17.4 Å². The molecule has 6 heteroatoms. The summed E-state index contributed by atoms with van der Waals surface area (Å²) in [6, 6.07) is 11.6. The van der Waals surface area contributed by atoms with Crippen molar-refractivity contribution < 1.29 is 14.3 Å². The molecule has 0 aliphatic carbocycles. The van der Waals surface area contributed by atoms with Crippen LogP contribution in [-0.4, -0.2) is 16.1 Å². The van der Waals surface area contributed by atoms with Crippen molar-refractivity contribution in [2.75, 3.05) is 0 Å². The summed E-state index contributed by atoms with van der Waals surface area (Å²) in [5.41, 5.74) is 6.49. The van der Waals surface area contributed by atoms with Gasteiger partial charge in [-0.1, -0.05) is 24.4 Å². The number of nitrogens with two attached hydrogens (primary N) is 1. The van der Waals surface area contributed by atoms with Crippen molar-refractivity contribution in [1.29, 1.82) is 5.26 Å². The first kappa shape index (κ1) is 14.5. The highest BCUT2D eigenvalue weighted by Crippen LogP contribution is 2.23. The monoisotopic (exact) mass is 298 g/mol. The zero-order valence-corrected chi connectivity index (χ0v) is 11.6. The molecule has 0 radical (unpaired) electrons. The summed E-state index contributed by atoms with van der Waals surface area (Å²) in [5, 5.41) is 17.7. The van der Waals surface area contributed by atoms with Gasteiger partial charge < -0.3 is 15.3 Å². The van der Waals surface area contributed by atoms with Crippen molar-refractivity contribution >= 4 is 29.3 Å². The lowest BCUT2D eigenvalue weighted by Crippen LogP contribution is -2.09. The van der Waals surface area contributed by atoms with Crippen LogP contribution in [0.1, 0.15) is 16.1 Å². The molecule has 2 aromatic rings. The number of carboxylic acids is 1. The molecule has 0 amide bonds. The van der Waals surface area contributed by atoms with E-state index in [4.69, 9.17) is 32.7 Å². The van der Waals surface area contributed by atoms with Crippen molar-refractivity contribution in [1.82, 2.24) is 0 Å². The molecule has 0 atom stereocenters. The van der Waals surface area contributed by atoms with Gasteiger partial charge in [0.25, 0.3) is 0 Å². The number of thiocarbonyl (C=S) groups is 1. The van der Waals surface area contributed by atoms with Crippen molar-refractivity contribution in [3.63, 3.8) is 0 Å². The Kier molecular flexibility index (Phi) is 4.16. The van der Waals surface area contributed by atoms with Gasteiger partial charge in [0.2, 0.25) is 0 Å². The van der Waals surface area contributed by atoms with Gasteiger partial charge in [0.15, 0.2) is 0 Å². The average Bonchev–Trinajstić information content (AvgIpc) is 2.93. The number of nitriles is 1. The van der Waals surface area contributed by atoms with Gasteiger partial charge in [-0.05, 0) is 24.3 Å². The minimum Gasteiger partial charge on any atom is -0.478 e. The fourth-order valence-electron chi connectivity index (χ4n) is 1.66. The van der Waals surface area contributed by atoms with Crippen LogP contribution in [0, 0.1) is 11.3 Å². The van der Waals surface area contributed by atoms with Crippen LogP contribution in [0.2, 0.25) is 0 Å². The molecule has 2 rings (SSSR count). The van der Waals surface area contributed by atoms with E-state index in [0.717, 1.165) is 5.56 Å². The second-order valence-electron chi connectivity index (χ2n) is 4.12. The fourth-order valence-corrected chi connectivity index (χ4v) is 1.77. The molecule has 0 aliphatic heterocycles. The Hall–Kier alpha value is -2.91. The van der Waals surface area contributed by atoms with Gasteiger partial charge >= 0.3 is 5.97 Å². The normalized spacial score (nSPS) is 10.9. The summed E-state index contributed by atoms with van der Waals surface area (Å²) in [6.07, 6.45) is 1.46. The van der Waals surface area contributed by atoms with Crippen LogP contribution in [0.3, 0.4) is 0 Å². The third kappa shape index (κ3) is 3.35. The van der Waals surface area contributed by atoms with E-state index in [-0.39, 0.29) is 16.1 Å². The number of aromatic carboxylic acids is 1. The molecule has 1 aromatic heterocycles. The Morgan fingerprint density at radius 3 is 2.48 bits per heavy atom. The highest BCUT2D eigenvalue weighted by Gasteiger charge is 2.07. The lowest BCUT2D eigenvalue weighted by atomic mass is 10.1. The zero-order valence-electron chi connectivity index (χ0n) is 10.7. The Morgan fingerprint density at radius 1 is 1.29 bits per heavy atom. The number of hydrogen-bond donors (Lipinski definition) is 2. The zero-order chi connectivity index (χ0) is 15.4. The fraction of sp³-hybridized carbons (Fsp3) is 0. The number of nitrogens with zero attached hydrogens (tertiary/aromatic N) is 1. The van der Waals surface area contributed by atoms with Crippen LogP contribution in [0.25, 0.3) is 17.4 Å². The van der Waals surface area contributed by atoms with Crippen LogP contribution in [0.4, 0.5) is 0 Å². The van der Waals surface area contributed by atoms with Crippen LogP contribution < -0.4 is 5.73 Å². The predicted octanol–water partition coefficient (Wildman–Crippen LogP) is 2.84. The Bertz CT molecular complexity index is 767. The SMILES string of the molecule is N#C/C(=C\c1ccc(-c2ccc(C(=O)O)cc2)o1)C(N)=S. The second-order valence-corrected chi connectivity index (χ2v) is 4.56. The molecular formula is C15H10N2O3S. The summed E-state index contributed by atoms with van der Waals surface area (Å²) < 4.78 is 5.56. The van der Waals surface area contributed by atoms with Gasteiger partial charge in [-0.15, -0.1) is 0 Å². The molecule has 0 unspecified atom stereocenters. The summed E-state index contributed by atoms with van der Waals surface area (Å²) in [7, 11) is 0. The van der Waals surface area contributed by atoms with Gasteiger partial charge in [0.1, 0.15) is 22.6 Å². The van der Waals surface area contributed by atoms with Crippen LogP contribution in [0.15, 0.2) is 46.4 Å². The van der Waals surface area contributed by atoms with Crippen LogP contribution in [-0.2, 0) is 0 Å². The van der Waals surface area contributed by atoms with Gasteiger partial charge in [0.05, 0.1) is 11.1 Å². The van der Waals surface area contributed by atoms with E-state index in [2.05, 4.69) is 0 Å². The minimum atomic E-state index is -0.986. The highest BCUT2D eigenvalue weighted by molar-refractivity contribution is 7.80. The molecule has 104 valence electrons. The van der Waals surface area contributed by atoms with E-state index in [1.54, 1.807) is 24.3 Å². The summed E-state index contributed by atoms with van der Waals surface area (Å²) in [5.74, 6) is 0.00909. The number of carboxylic acid groups (broad SMARTS) is 1. The molecule has 1 heterocycles. The van der Waals surface area contributed by atoms with Crippen molar-refractivity contribution in [2.45, 2.75) is 0 Å². The number of hydrogen-bond acceptors (Lipinski definition) is 4. The van der Waals surface area contributed by atoms with Gasteiger partial charge in [-0.25, -0.2) is 4.79 Å². The summed E-state index contributed by atoms with van der Waals surface area (Å²) in [4.78, 5) is 10.8. The molecule has 1 aromatic carbocycles. The van der Waals surface area contributed by atoms with E-state index >= 15 is 0 Å². The number of furan rings is 1. The smallest absolute Gasteiger partial charge is 0.335 e. The first-order chi connectivity index (χ1) is 10.0. The molecule has 0 saturated carbocycles. The van der Waals surface area contributed by atoms with E-state index in [9.17, 15) is 4.79 Å². The van der Waals surface area contributed by atoms with Crippen LogP contribution in [0.5, 0.6) is 0 Å². The maximum absolute atomic E-state index is 10.8.